The van der Waals surface area contributed by atoms with Gasteiger partial charge >= 0.3 is 23.5 Å². The fourth-order valence-electron chi connectivity index (χ4n) is 3.46. The molecule has 1 aromatic heterocycles. The Labute approximate surface area is 223 Å². The first-order valence-electron chi connectivity index (χ1n) is 11.9. The number of ether oxygens (including phenoxy) is 3. The largest absolute Gasteiger partial charge is 0.462 e. The lowest BCUT2D eigenvalue weighted by molar-refractivity contribution is -0.385. The quantitative estimate of drug-likeness (QED) is 0.150. The molecule has 0 spiro atoms. The van der Waals surface area contributed by atoms with Gasteiger partial charge in [0.25, 0.3) is 0 Å². The van der Waals surface area contributed by atoms with Crippen molar-refractivity contribution in [3.63, 3.8) is 0 Å². The Morgan fingerprint density at radius 2 is 1.79 bits per heavy atom. The van der Waals surface area contributed by atoms with Gasteiger partial charge in [-0.05, 0) is 61.4 Å². The topological polar surface area (TPSA) is 150 Å². The first-order valence-corrected chi connectivity index (χ1v) is 11.9. The van der Waals surface area contributed by atoms with Crippen LogP contribution in [0.15, 0.2) is 72.8 Å². The maximum Gasteiger partial charge on any atom is 0.373 e. The number of aryl methyl sites for hydroxylation is 1. The van der Waals surface area contributed by atoms with Gasteiger partial charge in [-0.2, -0.15) is 15.2 Å². The lowest BCUT2D eigenvalue weighted by atomic mass is 10.1. The number of aromatic nitrogens is 2. The highest BCUT2D eigenvalue weighted by molar-refractivity contribution is 5.89. The van der Waals surface area contributed by atoms with Crippen LogP contribution in [0.1, 0.15) is 34.0 Å². The highest BCUT2D eigenvalue weighted by Crippen LogP contribution is 2.38. The van der Waals surface area contributed by atoms with E-state index in [2.05, 4.69) is 15.3 Å². The number of carbonyl (C=O) groups is 1. The average molecular weight is 526 g/mol. The van der Waals surface area contributed by atoms with Gasteiger partial charge in [0, 0.05) is 6.54 Å². The van der Waals surface area contributed by atoms with E-state index in [0.29, 0.717) is 16.7 Å². The summed E-state index contributed by atoms with van der Waals surface area (Å²) in [7, 11) is 0. The number of nitrogens with one attached hydrogen (secondary N) is 1. The van der Waals surface area contributed by atoms with Crippen molar-refractivity contribution in [2.45, 2.75) is 20.4 Å². The van der Waals surface area contributed by atoms with Crippen molar-refractivity contribution in [2.24, 2.45) is 0 Å². The van der Waals surface area contributed by atoms with Crippen molar-refractivity contribution in [1.29, 1.82) is 5.26 Å². The number of anilines is 1. The van der Waals surface area contributed by atoms with Gasteiger partial charge in [0.05, 0.1) is 28.7 Å². The molecule has 0 bridgehead atoms. The summed E-state index contributed by atoms with van der Waals surface area (Å²) in [5, 5.41) is 24.4. The molecule has 0 aliphatic rings. The summed E-state index contributed by atoms with van der Waals surface area (Å²) in [4.78, 5) is 31.9. The van der Waals surface area contributed by atoms with Gasteiger partial charge in [-0.1, -0.05) is 36.4 Å². The monoisotopic (exact) mass is 525 g/mol. The fraction of sp³-hybridized carbons (Fsp3) is 0.143. The summed E-state index contributed by atoms with van der Waals surface area (Å²) in [5.41, 5.74) is 1.64. The molecule has 3 aromatic carbocycles. The standard InChI is InChI=1S/C28H23N5O6/c1-3-37-27(34)21-11-13-22(14-12-21)38-28-31-25(30-17-19-7-5-4-6-8-19)24(33(35)36)26(32-28)39-23-15-20(16-29)10-9-18(23)2/h4-15H,3,17H2,1-2H3,(H,30,31,32). The molecule has 11 heteroatoms. The molecule has 0 unspecified atom stereocenters. The van der Waals surface area contributed by atoms with Crippen molar-refractivity contribution < 1.29 is 23.9 Å². The Hall–Kier alpha value is -5.50. The molecule has 196 valence electrons. The van der Waals surface area contributed by atoms with Gasteiger partial charge in [0.2, 0.25) is 5.82 Å². The Morgan fingerprint density at radius 1 is 1.05 bits per heavy atom. The summed E-state index contributed by atoms with van der Waals surface area (Å²) in [6.07, 6.45) is 0. The lowest BCUT2D eigenvalue weighted by Gasteiger charge is -2.13. The minimum atomic E-state index is -0.649. The molecule has 1 heterocycles. The second kappa shape index (κ2) is 12.2. The second-order valence-corrected chi connectivity index (χ2v) is 8.15. The van der Waals surface area contributed by atoms with E-state index in [1.807, 2.05) is 36.4 Å². The number of hydrogen-bond donors (Lipinski definition) is 1. The lowest BCUT2D eigenvalue weighted by Crippen LogP contribution is -2.09. The molecule has 4 aromatic rings. The van der Waals surface area contributed by atoms with Gasteiger partial charge in [-0.15, -0.1) is 0 Å². The number of carbonyl (C=O) groups excluding carboxylic acids is 1. The molecule has 0 atom stereocenters. The fourth-order valence-corrected chi connectivity index (χ4v) is 3.46. The maximum absolute atomic E-state index is 12.1. The smallest absolute Gasteiger partial charge is 0.373 e. The molecule has 0 aliphatic heterocycles. The number of benzene rings is 3. The number of hydrogen-bond acceptors (Lipinski definition) is 10. The van der Waals surface area contributed by atoms with Crippen LogP contribution in [0.2, 0.25) is 0 Å². The Kier molecular flexibility index (Phi) is 8.28. The van der Waals surface area contributed by atoms with Gasteiger partial charge in [-0.3, -0.25) is 10.1 Å². The summed E-state index contributed by atoms with van der Waals surface area (Å²) in [6, 6.07) is 21.9. The molecule has 0 radical (unpaired) electrons. The van der Waals surface area contributed by atoms with Gasteiger partial charge in [-0.25, -0.2) is 4.79 Å². The van der Waals surface area contributed by atoms with Crippen LogP contribution >= 0.6 is 0 Å². The van der Waals surface area contributed by atoms with Crippen LogP contribution in [0.25, 0.3) is 0 Å². The molecule has 0 fully saturated rings. The van der Waals surface area contributed by atoms with Gasteiger partial charge in [0.1, 0.15) is 11.5 Å². The highest BCUT2D eigenvalue weighted by Gasteiger charge is 2.28. The van der Waals surface area contributed by atoms with Crippen LogP contribution in [0.3, 0.4) is 0 Å². The predicted octanol–water partition coefficient (Wildman–Crippen LogP) is 5.94. The van der Waals surface area contributed by atoms with Crippen molar-refractivity contribution in [3.8, 4) is 29.5 Å². The normalized spacial score (nSPS) is 10.3. The average Bonchev–Trinajstić information content (AvgIpc) is 2.94. The zero-order valence-corrected chi connectivity index (χ0v) is 21.1. The zero-order valence-electron chi connectivity index (χ0n) is 21.1. The minimum absolute atomic E-state index is 0.124. The maximum atomic E-state index is 12.1. The molecule has 0 saturated heterocycles. The number of rotatable bonds is 10. The zero-order chi connectivity index (χ0) is 27.8. The van der Waals surface area contributed by atoms with Crippen LogP contribution in [0, 0.1) is 28.4 Å². The molecule has 0 amide bonds. The molecular formula is C28H23N5O6. The van der Waals surface area contributed by atoms with Gasteiger partial charge in [0.15, 0.2) is 0 Å². The van der Waals surface area contributed by atoms with Crippen LogP contribution in [-0.4, -0.2) is 27.5 Å². The first-order chi connectivity index (χ1) is 18.9. The molecular weight excluding hydrogens is 502 g/mol. The van der Waals surface area contributed by atoms with E-state index in [4.69, 9.17) is 14.2 Å². The van der Waals surface area contributed by atoms with E-state index in [9.17, 15) is 20.2 Å². The number of nitriles is 1. The summed E-state index contributed by atoms with van der Waals surface area (Å²) in [6.45, 7) is 3.92. The van der Waals surface area contributed by atoms with E-state index >= 15 is 0 Å². The van der Waals surface area contributed by atoms with Crippen LogP contribution in [0.4, 0.5) is 11.5 Å². The Bertz CT molecular complexity index is 1540. The van der Waals surface area contributed by atoms with Crippen LogP contribution in [0.5, 0.6) is 23.4 Å². The molecule has 39 heavy (non-hydrogen) atoms. The SMILES string of the molecule is CCOC(=O)c1ccc(Oc2nc(NCc3ccccc3)c([N+](=O)[O-])c(Oc3cc(C#N)ccc3C)n2)cc1. The summed E-state index contributed by atoms with van der Waals surface area (Å²) in [5.74, 6) is -0.481. The van der Waals surface area contributed by atoms with Gasteiger partial charge < -0.3 is 19.5 Å². The molecule has 1 N–H and O–H groups in total. The molecule has 0 aliphatic carbocycles. The third-order valence-corrected chi connectivity index (χ3v) is 5.42. The highest BCUT2D eigenvalue weighted by atomic mass is 16.6. The molecule has 0 saturated carbocycles. The van der Waals surface area contributed by atoms with Crippen molar-refractivity contribution >= 4 is 17.5 Å². The molecule has 11 nitrogen and oxygen atoms in total. The number of nitro groups is 1. The van der Waals surface area contributed by atoms with E-state index in [0.717, 1.165) is 5.56 Å². The minimum Gasteiger partial charge on any atom is -0.462 e. The van der Waals surface area contributed by atoms with Crippen molar-refractivity contribution in [1.82, 2.24) is 9.97 Å². The number of esters is 1. The predicted molar refractivity (Wildman–Crippen MR) is 141 cm³/mol. The van der Waals surface area contributed by atoms with Crippen LogP contribution < -0.4 is 14.8 Å². The summed E-state index contributed by atoms with van der Waals surface area (Å²) < 4.78 is 16.6. The second-order valence-electron chi connectivity index (χ2n) is 8.15. The van der Waals surface area contributed by atoms with Crippen LogP contribution in [-0.2, 0) is 11.3 Å². The van der Waals surface area contributed by atoms with E-state index in [-0.39, 0.29) is 42.4 Å². The van der Waals surface area contributed by atoms with E-state index < -0.39 is 16.6 Å². The third kappa shape index (κ3) is 6.64. The first kappa shape index (κ1) is 26.6. The van der Waals surface area contributed by atoms with E-state index in [1.54, 1.807) is 26.0 Å². The Balaban J connectivity index is 1.73. The third-order valence-electron chi connectivity index (χ3n) is 5.42. The molecule has 4 rings (SSSR count). The summed E-state index contributed by atoms with van der Waals surface area (Å²) >= 11 is 0. The van der Waals surface area contributed by atoms with Crippen molar-refractivity contribution in [3.05, 3.63) is 105 Å². The Morgan fingerprint density at radius 3 is 2.46 bits per heavy atom. The van der Waals surface area contributed by atoms with Crippen molar-refractivity contribution in [2.75, 3.05) is 11.9 Å². The number of nitrogens with zero attached hydrogens (tertiary/aromatic N) is 4. The van der Waals surface area contributed by atoms with E-state index in [1.165, 1.54) is 30.3 Å².